The summed E-state index contributed by atoms with van der Waals surface area (Å²) in [5, 5.41) is 4.76. The number of carbonyl (C=O) groups excluding carboxylic acids is 1. The summed E-state index contributed by atoms with van der Waals surface area (Å²) in [6, 6.07) is 5.86. The van der Waals surface area contributed by atoms with Gasteiger partial charge in [-0.15, -0.1) is 0 Å². The average Bonchev–Trinajstić information content (AvgIpc) is 3.39. The maximum Gasteiger partial charge on any atom is 0.257 e. The molecule has 0 saturated carbocycles. The zero-order valence-electron chi connectivity index (χ0n) is 16.6. The molecule has 2 fully saturated rings. The lowest BCUT2D eigenvalue weighted by molar-refractivity contribution is 0.0703. The van der Waals surface area contributed by atoms with Crippen LogP contribution in [-0.4, -0.2) is 64.8 Å². The largest absolute Gasteiger partial charge is 0.469 e. The summed E-state index contributed by atoms with van der Waals surface area (Å²) < 4.78 is 12.6. The van der Waals surface area contributed by atoms with E-state index in [1.165, 1.54) is 0 Å². The molecule has 29 heavy (non-hydrogen) atoms. The number of aromatic nitrogens is 3. The van der Waals surface area contributed by atoms with E-state index in [0.717, 1.165) is 62.8 Å². The number of ether oxygens (including phenoxy) is 1. The number of rotatable bonds is 3. The van der Waals surface area contributed by atoms with Crippen molar-refractivity contribution in [3.05, 3.63) is 47.8 Å². The molecule has 0 spiro atoms. The monoisotopic (exact) mass is 395 g/mol. The zero-order chi connectivity index (χ0) is 19.8. The molecule has 2 saturated heterocycles. The molecule has 0 bridgehead atoms. The van der Waals surface area contributed by atoms with E-state index in [1.54, 1.807) is 12.3 Å². The van der Waals surface area contributed by atoms with Gasteiger partial charge in [-0.05, 0) is 38.0 Å². The van der Waals surface area contributed by atoms with Gasteiger partial charge < -0.3 is 19.0 Å². The third-order valence-electron chi connectivity index (χ3n) is 5.87. The molecule has 3 aromatic rings. The number of amides is 1. The van der Waals surface area contributed by atoms with Gasteiger partial charge in [-0.3, -0.25) is 4.79 Å². The van der Waals surface area contributed by atoms with E-state index in [9.17, 15) is 4.79 Å². The van der Waals surface area contributed by atoms with Gasteiger partial charge >= 0.3 is 0 Å². The number of nitrogens with zero attached hydrogens (tertiary/aromatic N) is 5. The number of fused-ring (bicyclic) bond motifs is 1. The Bertz CT molecular complexity index is 1020. The highest BCUT2D eigenvalue weighted by Gasteiger charge is 2.29. The number of likely N-dealkylation sites (tertiary alicyclic amines) is 1. The van der Waals surface area contributed by atoms with Crippen molar-refractivity contribution < 1.29 is 13.9 Å². The third kappa shape index (κ3) is 3.48. The lowest BCUT2D eigenvalue weighted by Gasteiger charge is -2.31. The fourth-order valence-electron chi connectivity index (χ4n) is 4.22. The maximum absolute atomic E-state index is 12.9. The number of furan rings is 1. The zero-order valence-corrected chi connectivity index (χ0v) is 16.6. The highest BCUT2D eigenvalue weighted by Crippen LogP contribution is 2.27. The summed E-state index contributed by atoms with van der Waals surface area (Å²) in [7, 11) is 0. The Morgan fingerprint density at radius 1 is 1.17 bits per heavy atom. The second kappa shape index (κ2) is 7.51. The predicted octanol–water partition coefficient (Wildman–Crippen LogP) is 2.49. The Morgan fingerprint density at radius 2 is 2.03 bits per heavy atom. The second-order valence-electron chi connectivity index (χ2n) is 7.74. The van der Waals surface area contributed by atoms with Gasteiger partial charge in [-0.2, -0.15) is 5.10 Å². The molecule has 5 rings (SSSR count). The quantitative estimate of drug-likeness (QED) is 0.678. The first-order valence-electron chi connectivity index (χ1n) is 10.2. The molecule has 2 aliphatic rings. The first-order valence-corrected chi connectivity index (χ1v) is 10.2. The first kappa shape index (κ1) is 18.2. The van der Waals surface area contributed by atoms with E-state index in [4.69, 9.17) is 19.2 Å². The molecule has 0 unspecified atom stereocenters. The molecule has 0 N–H and O–H groups in total. The number of anilines is 1. The van der Waals surface area contributed by atoms with Crippen LogP contribution in [0, 0.1) is 6.92 Å². The van der Waals surface area contributed by atoms with Crippen LogP contribution in [0.5, 0.6) is 0 Å². The Morgan fingerprint density at radius 3 is 2.83 bits per heavy atom. The van der Waals surface area contributed by atoms with Crippen molar-refractivity contribution in [3.63, 3.8) is 0 Å². The number of morpholine rings is 1. The van der Waals surface area contributed by atoms with Gasteiger partial charge in [0.1, 0.15) is 5.76 Å². The molecule has 0 radical (unpaired) electrons. The molecule has 5 heterocycles. The van der Waals surface area contributed by atoms with E-state index in [2.05, 4.69) is 11.0 Å². The number of hydrogen-bond donors (Lipinski definition) is 0. The minimum Gasteiger partial charge on any atom is -0.469 e. The van der Waals surface area contributed by atoms with Crippen LogP contribution in [0.4, 0.5) is 5.69 Å². The lowest BCUT2D eigenvalue weighted by atomic mass is 9.97. The van der Waals surface area contributed by atoms with Gasteiger partial charge in [-0.25, -0.2) is 9.50 Å². The van der Waals surface area contributed by atoms with Crippen molar-refractivity contribution in [2.45, 2.75) is 25.7 Å². The predicted molar refractivity (Wildman–Crippen MR) is 107 cm³/mol. The Labute approximate surface area is 169 Å². The van der Waals surface area contributed by atoms with Gasteiger partial charge in [0.2, 0.25) is 0 Å². The lowest BCUT2D eigenvalue weighted by Crippen LogP contribution is -2.39. The van der Waals surface area contributed by atoms with Gasteiger partial charge in [-0.1, -0.05) is 0 Å². The minimum absolute atomic E-state index is 0.0271. The smallest absolute Gasteiger partial charge is 0.257 e. The third-order valence-corrected chi connectivity index (χ3v) is 5.87. The van der Waals surface area contributed by atoms with Crippen LogP contribution in [0.25, 0.3) is 5.65 Å². The van der Waals surface area contributed by atoms with Gasteiger partial charge in [0.25, 0.3) is 5.91 Å². The van der Waals surface area contributed by atoms with Gasteiger partial charge in [0.15, 0.2) is 11.5 Å². The molecule has 3 aromatic heterocycles. The molecule has 152 valence electrons. The van der Waals surface area contributed by atoms with E-state index in [0.29, 0.717) is 17.9 Å². The minimum atomic E-state index is 0.0271. The van der Waals surface area contributed by atoms with E-state index in [1.807, 2.05) is 28.6 Å². The highest BCUT2D eigenvalue weighted by atomic mass is 16.5. The summed E-state index contributed by atoms with van der Waals surface area (Å²) in [5.41, 5.74) is 2.61. The molecule has 1 amide bonds. The van der Waals surface area contributed by atoms with Crippen LogP contribution < -0.4 is 4.90 Å². The molecule has 0 aliphatic carbocycles. The SMILES string of the molecule is Cc1occc1C(=O)N1CCC[C@H](c2nc3ccc(N4CCOCC4)cn3n2)C1. The maximum atomic E-state index is 12.9. The highest BCUT2D eigenvalue weighted by molar-refractivity contribution is 5.95. The Kier molecular flexibility index (Phi) is 4.71. The van der Waals surface area contributed by atoms with Gasteiger partial charge in [0.05, 0.1) is 36.9 Å². The van der Waals surface area contributed by atoms with Crippen LogP contribution in [0.3, 0.4) is 0 Å². The van der Waals surface area contributed by atoms with Crippen LogP contribution in [-0.2, 0) is 4.74 Å². The molecular weight excluding hydrogens is 370 g/mol. The molecule has 1 atom stereocenters. The molecule has 0 aromatic carbocycles. The van der Waals surface area contributed by atoms with Crippen LogP contribution in [0.15, 0.2) is 35.1 Å². The summed E-state index contributed by atoms with van der Waals surface area (Å²) >= 11 is 0. The summed E-state index contributed by atoms with van der Waals surface area (Å²) in [6.07, 6.45) is 5.54. The van der Waals surface area contributed by atoms with Gasteiger partial charge in [0, 0.05) is 32.1 Å². The van der Waals surface area contributed by atoms with Crippen LogP contribution >= 0.6 is 0 Å². The summed E-state index contributed by atoms with van der Waals surface area (Å²) in [6.45, 7) is 6.50. The Hall–Kier alpha value is -2.87. The summed E-state index contributed by atoms with van der Waals surface area (Å²) in [4.78, 5) is 21.8. The number of piperidine rings is 1. The number of hydrogen-bond acceptors (Lipinski definition) is 6. The van der Waals surface area contributed by atoms with Crippen molar-refractivity contribution >= 4 is 17.2 Å². The molecule has 8 heteroatoms. The molecular formula is C21H25N5O3. The topological polar surface area (TPSA) is 76.1 Å². The summed E-state index contributed by atoms with van der Waals surface area (Å²) in [5.74, 6) is 1.65. The fourth-order valence-corrected chi connectivity index (χ4v) is 4.22. The van der Waals surface area contributed by atoms with Crippen LogP contribution in [0.2, 0.25) is 0 Å². The standard InChI is InChI=1S/C21H25N5O3/c1-15-18(6-10-29-15)21(27)25-7-2-3-16(13-25)20-22-19-5-4-17(14-26(19)23-20)24-8-11-28-12-9-24/h4-6,10,14,16H,2-3,7-9,11-13H2,1H3/t16-/m0/s1. The van der Waals surface area contributed by atoms with Crippen molar-refractivity contribution in [1.82, 2.24) is 19.5 Å². The average molecular weight is 395 g/mol. The normalized spacial score (nSPS) is 20.4. The van der Waals surface area contributed by atoms with Crippen molar-refractivity contribution in [2.24, 2.45) is 0 Å². The van der Waals surface area contributed by atoms with Crippen molar-refractivity contribution in [1.29, 1.82) is 0 Å². The Balaban J connectivity index is 1.35. The van der Waals surface area contributed by atoms with E-state index >= 15 is 0 Å². The number of pyridine rings is 1. The molecule has 2 aliphatic heterocycles. The van der Waals surface area contributed by atoms with E-state index in [-0.39, 0.29) is 11.8 Å². The number of aryl methyl sites for hydroxylation is 1. The van der Waals surface area contributed by atoms with E-state index < -0.39 is 0 Å². The second-order valence-corrected chi connectivity index (χ2v) is 7.74. The molecule has 8 nitrogen and oxygen atoms in total. The van der Waals surface area contributed by atoms with Crippen molar-refractivity contribution in [3.8, 4) is 0 Å². The van der Waals surface area contributed by atoms with Crippen LogP contribution in [0.1, 0.15) is 40.7 Å². The fraction of sp³-hybridized carbons (Fsp3) is 0.476. The first-order chi connectivity index (χ1) is 14.2. The van der Waals surface area contributed by atoms with Crippen molar-refractivity contribution in [2.75, 3.05) is 44.3 Å². The number of carbonyl (C=O) groups is 1.